The molecule has 100 valence electrons. The van der Waals surface area contributed by atoms with Crippen LogP contribution in [0.25, 0.3) is 0 Å². The average molecular weight is 244 g/mol. The van der Waals surface area contributed by atoms with Crippen molar-refractivity contribution in [3.05, 3.63) is 0 Å². The number of hydrogen-bond donors (Lipinski definition) is 3. The highest BCUT2D eigenvalue weighted by atomic mass is 16.4. The fraction of sp³-hybridized carbons (Fsp3) is 0.833. The number of amides is 1. The molecule has 4 N–H and O–H groups in total. The predicted octanol–water partition coefficient (Wildman–Crippen LogP) is 0.975. The Morgan fingerprint density at radius 1 is 1.29 bits per heavy atom. The van der Waals surface area contributed by atoms with E-state index in [0.29, 0.717) is 0 Å². The van der Waals surface area contributed by atoms with Crippen LogP contribution in [0.15, 0.2) is 0 Å². The number of nitrogens with one attached hydrogen (secondary N) is 1. The Labute approximate surface area is 103 Å². The lowest BCUT2D eigenvalue weighted by Crippen LogP contribution is -2.47. The molecule has 2 atom stereocenters. The van der Waals surface area contributed by atoms with Gasteiger partial charge in [-0.05, 0) is 11.3 Å². The van der Waals surface area contributed by atoms with Crippen molar-refractivity contribution in [1.82, 2.24) is 5.32 Å². The van der Waals surface area contributed by atoms with Gasteiger partial charge in [0.05, 0.1) is 0 Å². The largest absolute Gasteiger partial charge is 0.480 e. The molecule has 0 heterocycles. The first-order valence-electron chi connectivity index (χ1n) is 5.83. The smallest absolute Gasteiger partial charge is 0.326 e. The molecular formula is C12H24N2O3. The monoisotopic (exact) mass is 244 g/mol. The van der Waals surface area contributed by atoms with Crippen LogP contribution >= 0.6 is 0 Å². The zero-order chi connectivity index (χ0) is 13.8. The maximum absolute atomic E-state index is 11.7. The van der Waals surface area contributed by atoms with Gasteiger partial charge in [0.1, 0.15) is 6.04 Å². The fourth-order valence-corrected chi connectivity index (χ4v) is 1.25. The molecule has 0 spiro atoms. The fourth-order valence-electron chi connectivity index (χ4n) is 1.25. The lowest BCUT2D eigenvalue weighted by Gasteiger charge is -2.27. The van der Waals surface area contributed by atoms with E-state index in [1.165, 1.54) is 0 Å². The molecule has 0 rings (SSSR count). The minimum atomic E-state index is -1.02. The lowest BCUT2D eigenvalue weighted by molar-refractivity contribution is -0.143. The summed E-state index contributed by atoms with van der Waals surface area (Å²) in [5.74, 6) is -1.48. The second-order valence-electron chi connectivity index (χ2n) is 5.80. The summed E-state index contributed by atoms with van der Waals surface area (Å²) in [6.45, 7) is 9.34. The van der Waals surface area contributed by atoms with Gasteiger partial charge in [-0.1, -0.05) is 34.6 Å². The summed E-state index contributed by atoms with van der Waals surface area (Å²) in [6.07, 6.45) is 0.139. The number of carbonyl (C=O) groups is 2. The standard InChI is InChI=1S/C12H24N2O3/c1-7(2)10(11(16)17)14-9(15)6-8(13)12(3,4)5/h7-8,10H,6,13H2,1-5H3,(H,14,15)(H,16,17)/t8?,10-/m0/s1. The third-order valence-corrected chi connectivity index (χ3v) is 2.77. The molecular weight excluding hydrogens is 220 g/mol. The topological polar surface area (TPSA) is 92.4 Å². The van der Waals surface area contributed by atoms with Gasteiger partial charge in [-0.2, -0.15) is 0 Å². The molecule has 5 nitrogen and oxygen atoms in total. The van der Waals surface area contributed by atoms with E-state index in [-0.39, 0.29) is 29.7 Å². The quantitative estimate of drug-likeness (QED) is 0.672. The van der Waals surface area contributed by atoms with Gasteiger partial charge in [0, 0.05) is 12.5 Å². The van der Waals surface area contributed by atoms with Crippen molar-refractivity contribution in [1.29, 1.82) is 0 Å². The minimum absolute atomic E-state index is 0.139. The van der Waals surface area contributed by atoms with Crippen LogP contribution < -0.4 is 11.1 Å². The Hall–Kier alpha value is -1.10. The number of carboxylic acid groups (broad SMARTS) is 1. The summed E-state index contributed by atoms with van der Waals surface area (Å²) in [6, 6.07) is -1.14. The number of aliphatic carboxylic acids is 1. The molecule has 0 fully saturated rings. The van der Waals surface area contributed by atoms with Crippen LogP contribution in [-0.2, 0) is 9.59 Å². The molecule has 0 aromatic carbocycles. The highest BCUT2D eigenvalue weighted by Gasteiger charge is 2.27. The van der Waals surface area contributed by atoms with Gasteiger partial charge in [-0.15, -0.1) is 0 Å². The van der Waals surface area contributed by atoms with Crippen LogP contribution in [0.4, 0.5) is 0 Å². The molecule has 1 amide bonds. The third-order valence-electron chi connectivity index (χ3n) is 2.77. The molecule has 0 aliphatic heterocycles. The molecule has 0 radical (unpaired) electrons. The van der Waals surface area contributed by atoms with Gasteiger partial charge in [0.2, 0.25) is 5.91 Å². The Morgan fingerprint density at radius 2 is 1.76 bits per heavy atom. The number of rotatable bonds is 5. The molecule has 17 heavy (non-hydrogen) atoms. The SMILES string of the molecule is CC(C)[C@H](NC(=O)CC(N)C(C)(C)C)C(=O)O. The van der Waals surface area contributed by atoms with E-state index in [9.17, 15) is 9.59 Å². The number of carbonyl (C=O) groups excluding carboxylic acids is 1. The second-order valence-corrected chi connectivity index (χ2v) is 5.80. The summed E-state index contributed by atoms with van der Waals surface area (Å²) in [5, 5.41) is 11.4. The van der Waals surface area contributed by atoms with E-state index < -0.39 is 12.0 Å². The molecule has 0 aliphatic carbocycles. The van der Waals surface area contributed by atoms with Crippen LogP contribution in [0.3, 0.4) is 0 Å². The van der Waals surface area contributed by atoms with E-state index in [0.717, 1.165) is 0 Å². The molecule has 0 saturated carbocycles. The van der Waals surface area contributed by atoms with Crippen molar-refractivity contribution in [2.45, 2.75) is 53.1 Å². The van der Waals surface area contributed by atoms with Crippen LogP contribution in [0.5, 0.6) is 0 Å². The number of nitrogens with two attached hydrogens (primary N) is 1. The Kier molecular flexibility index (Phi) is 5.61. The zero-order valence-corrected chi connectivity index (χ0v) is 11.3. The first kappa shape index (κ1) is 15.9. The van der Waals surface area contributed by atoms with Crippen LogP contribution in [-0.4, -0.2) is 29.1 Å². The zero-order valence-electron chi connectivity index (χ0n) is 11.3. The van der Waals surface area contributed by atoms with Crippen molar-refractivity contribution in [2.75, 3.05) is 0 Å². The molecule has 0 aromatic rings. The van der Waals surface area contributed by atoms with Crippen molar-refractivity contribution < 1.29 is 14.7 Å². The summed E-state index contributed by atoms with van der Waals surface area (Å²) in [4.78, 5) is 22.6. The van der Waals surface area contributed by atoms with E-state index >= 15 is 0 Å². The van der Waals surface area contributed by atoms with E-state index in [1.807, 2.05) is 20.8 Å². The summed E-state index contributed by atoms with van der Waals surface area (Å²) in [5.41, 5.74) is 5.70. The molecule has 1 unspecified atom stereocenters. The van der Waals surface area contributed by atoms with Crippen LogP contribution in [0.1, 0.15) is 41.0 Å². The van der Waals surface area contributed by atoms with Crippen LogP contribution in [0, 0.1) is 11.3 Å². The molecule has 0 bridgehead atoms. The summed E-state index contributed by atoms with van der Waals surface area (Å²) in [7, 11) is 0. The summed E-state index contributed by atoms with van der Waals surface area (Å²) < 4.78 is 0. The van der Waals surface area contributed by atoms with Crippen molar-refractivity contribution in [3.63, 3.8) is 0 Å². The second kappa shape index (κ2) is 6.00. The lowest BCUT2D eigenvalue weighted by atomic mass is 9.85. The van der Waals surface area contributed by atoms with Gasteiger partial charge < -0.3 is 16.2 Å². The van der Waals surface area contributed by atoms with Crippen LogP contribution in [0.2, 0.25) is 0 Å². The van der Waals surface area contributed by atoms with Gasteiger partial charge in [0.25, 0.3) is 0 Å². The van der Waals surface area contributed by atoms with Gasteiger partial charge in [-0.3, -0.25) is 4.79 Å². The maximum Gasteiger partial charge on any atom is 0.326 e. The molecule has 0 aromatic heterocycles. The summed E-state index contributed by atoms with van der Waals surface area (Å²) >= 11 is 0. The Bertz CT molecular complexity index is 282. The van der Waals surface area contributed by atoms with E-state index in [1.54, 1.807) is 13.8 Å². The molecule has 0 saturated heterocycles. The van der Waals surface area contributed by atoms with E-state index in [4.69, 9.17) is 10.8 Å². The first-order valence-corrected chi connectivity index (χ1v) is 5.83. The predicted molar refractivity (Wildman–Crippen MR) is 66.5 cm³/mol. The van der Waals surface area contributed by atoms with Crippen molar-refractivity contribution in [3.8, 4) is 0 Å². The first-order chi connectivity index (χ1) is 7.55. The normalized spacial score (nSPS) is 15.5. The number of carboxylic acids is 1. The number of hydrogen-bond acceptors (Lipinski definition) is 3. The highest BCUT2D eigenvalue weighted by Crippen LogP contribution is 2.19. The highest BCUT2D eigenvalue weighted by molar-refractivity contribution is 5.84. The Balaban J connectivity index is 4.40. The Morgan fingerprint density at radius 3 is 2.06 bits per heavy atom. The van der Waals surface area contributed by atoms with Gasteiger partial charge in [-0.25, -0.2) is 4.79 Å². The minimum Gasteiger partial charge on any atom is -0.480 e. The molecule has 5 heteroatoms. The van der Waals surface area contributed by atoms with E-state index in [2.05, 4.69) is 5.32 Å². The van der Waals surface area contributed by atoms with Gasteiger partial charge >= 0.3 is 5.97 Å². The maximum atomic E-state index is 11.7. The average Bonchev–Trinajstić information content (AvgIpc) is 2.11. The van der Waals surface area contributed by atoms with Gasteiger partial charge in [0.15, 0.2) is 0 Å². The van der Waals surface area contributed by atoms with Crippen molar-refractivity contribution in [2.24, 2.45) is 17.1 Å². The van der Waals surface area contributed by atoms with Crippen molar-refractivity contribution >= 4 is 11.9 Å². The third kappa shape index (κ3) is 5.68. The molecule has 0 aliphatic rings.